The number of carbonyl (C=O) groups is 2. The Kier molecular flexibility index (Phi) is 10.4. The molecule has 0 saturated carbocycles. The number of ether oxygens (including phenoxy) is 2. The summed E-state index contributed by atoms with van der Waals surface area (Å²) in [6.07, 6.45) is 1.44. The van der Waals surface area contributed by atoms with Crippen molar-refractivity contribution in [3.05, 3.63) is 45.4 Å². The predicted molar refractivity (Wildman–Crippen MR) is 123 cm³/mol. The lowest BCUT2D eigenvalue weighted by Gasteiger charge is -2.22. The lowest BCUT2D eigenvalue weighted by Crippen LogP contribution is -2.36. The molecule has 8 nitrogen and oxygen atoms in total. The number of rotatable bonds is 12. The number of urea groups is 1. The van der Waals surface area contributed by atoms with Crippen molar-refractivity contribution in [3.8, 4) is 0 Å². The molecule has 1 heterocycles. The summed E-state index contributed by atoms with van der Waals surface area (Å²) in [6, 6.07) is 5.70. The van der Waals surface area contributed by atoms with Crippen LogP contribution in [-0.2, 0) is 16.0 Å². The van der Waals surface area contributed by atoms with Gasteiger partial charge >= 0.3 is 6.03 Å². The SMILES string of the molecule is COCCCNC(=O)c1csc(CN(CCCOC)C(=O)Nc2ccc(C)cc2C)n1. The maximum atomic E-state index is 13.0. The largest absolute Gasteiger partial charge is 0.385 e. The molecule has 0 fully saturated rings. The number of nitrogens with zero attached hydrogens (tertiary/aromatic N) is 2. The van der Waals surface area contributed by atoms with Gasteiger partial charge in [-0.1, -0.05) is 17.7 Å². The molecule has 3 amide bonds. The van der Waals surface area contributed by atoms with E-state index in [1.165, 1.54) is 11.3 Å². The van der Waals surface area contributed by atoms with Crippen LogP contribution in [-0.4, -0.2) is 62.3 Å². The standard InChI is InChI=1S/C22H32N4O4S/c1-16-7-8-18(17(2)13-16)25-22(28)26(10-6-12-30-4)14-20-24-19(15-31-20)21(27)23-9-5-11-29-3/h7-8,13,15H,5-6,9-12,14H2,1-4H3,(H,23,27)(H,25,28). The summed E-state index contributed by atoms with van der Waals surface area (Å²) in [5, 5.41) is 8.23. The molecule has 0 atom stereocenters. The summed E-state index contributed by atoms with van der Waals surface area (Å²) in [6.45, 7) is 6.50. The van der Waals surface area contributed by atoms with Gasteiger partial charge in [0.05, 0.1) is 6.54 Å². The lowest BCUT2D eigenvalue weighted by atomic mass is 10.1. The van der Waals surface area contributed by atoms with E-state index in [-0.39, 0.29) is 11.9 Å². The van der Waals surface area contributed by atoms with E-state index in [9.17, 15) is 9.59 Å². The van der Waals surface area contributed by atoms with E-state index >= 15 is 0 Å². The van der Waals surface area contributed by atoms with Crippen molar-refractivity contribution in [2.75, 3.05) is 45.8 Å². The summed E-state index contributed by atoms with van der Waals surface area (Å²) < 4.78 is 10.1. The van der Waals surface area contributed by atoms with Crippen LogP contribution in [0.15, 0.2) is 23.6 Å². The molecule has 2 aromatic rings. The highest BCUT2D eigenvalue weighted by molar-refractivity contribution is 7.09. The molecule has 0 aliphatic rings. The molecule has 170 valence electrons. The Morgan fingerprint density at radius 1 is 1.13 bits per heavy atom. The highest BCUT2D eigenvalue weighted by Gasteiger charge is 2.18. The summed E-state index contributed by atoms with van der Waals surface area (Å²) in [5.74, 6) is -0.218. The monoisotopic (exact) mass is 448 g/mol. The zero-order valence-electron chi connectivity index (χ0n) is 18.7. The number of amides is 3. The van der Waals surface area contributed by atoms with Crippen LogP contribution in [0.2, 0.25) is 0 Å². The summed E-state index contributed by atoms with van der Waals surface area (Å²) in [7, 11) is 3.27. The number of aryl methyl sites for hydroxylation is 2. The van der Waals surface area contributed by atoms with Gasteiger partial charge in [0.2, 0.25) is 0 Å². The minimum Gasteiger partial charge on any atom is -0.385 e. The molecular weight excluding hydrogens is 416 g/mol. The van der Waals surface area contributed by atoms with Crippen LogP contribution in [0.5, 0.6) is 0 Å². The molecule has 1 aromatic carbocycles. The molecule has 0 radical (unpaired) electrons. The average molecular weight is 449 g/mol. The minimum atomic E-state index is -0.218. The molecule has 31 heavy (non-hydrogen) atoms. The third-order valence-electron chi connectivity index (χ3n) is 4.61. The second-order valence-electron chi connectivity index (χ2n) is 7.25. The number of benzene rings is 1. The molecule has 0 saturated heterocycles. The maximum absolute atomic E-state index is 13.0. The van der Waals surface area contributed by atoms with Crippen LogP contribution < -0.4 is 10.6 Å². The van der Waals surface area contributed by atoms with Gasteiger partial charge < -0.3 is 25.0 Å². The molecular formula is C22H32N4O4S. The van der Waals surface area contributed by atoms with Crippen molar-refractivity contribution in [3.63, 3.8) is 0 Å². The molecule has 0 aliphatic heterocycles. The topological polar surface area (TPSA) is 92.8 Å². The van der Waals surface area contributed by atoms with Crippen LogP contribution in [0.1, 0.15) is 39.5 Å². The van der Waals surface area contributed by atoms with Crippen molar-refractivity contribution in [2.45, 2.75) is 33.2 Å². The van der Waals surface area contributed by atoms with Crippen molar-refractivity contribution in [2.24, 2.45) is 0 Å². The first-order valence-electron chi connectivity index (χ1n) is 10.3. The fourth-order valence-electron chi connectivity index (χ4n) is 2.96. The number of aromatic nitrogens is 1. The average Bonchev–Trinajstić information content (AvgIpc) is 3.21. The summed E-state index contributed by atoms with van der Waals surface area (Å²) >= 11 is 1.37. The Morgan fingerprint density at radius 2 is 1.87 bits per heavy atom. The first kappa shape index (κ1) is 24.8. The number of anilines is 1. The molecule has 0 spiro atoms. The normalized spacial score (nSPS) is 10.7. The number of thiazole rings is 1. The van der Waals surface area contributed by atoms with Gasteiger partial charge in [-0.3, -0.25) is 4.79 Å². The molecule has 0 unspecified atom stereocenters. The summed E-state index contributed by atoms with van der Waals surface area (Å²) in [4.78, 5) is 31.3. The second-order valence-corrected chi connectivity index (χ2v) is 8.19. The molecule has 9 heteroatoms. The van der Waals surface area contributed by atoms with Gasteiger partial charge in [0.15, 0.2) is 0 Å². The van der Waals surface area contributed by atoms with Gasteiger partial charge in [0.1, 0.15) is 10.7 Å². The van der Waals surface area contributed by atoms with E-state index in [0.29, 0.717) is 50.0 Å². The minimum absolute atomic E-state index is 0.205. The highest BCUT2D eigenvalue weighted by Crippen LogP contribution is 2.18. The van der Waals surface area contributed by atoms with E-state index in [0.717, 1.165) is 23.2 Å². The summed E-state index contributed by atoms with van der Waals surface area (Å²) in [5.41, 5.74) is 3.29. The molecule has 1 aromatic heterocycles. The molecule has 2 N–H and O–H groups in total. The maximum Gasteiger partial charge on any atom is 0.322 e. The fraction of sp³-hybridized carbons (Fsp3) is 0.500. The van der Waals surface area contributed by atoms with Crippen molar-refractivity contribution >= 4 is 29.0 Å². The number of nitrogens with one attached hydrogen (secondary N) is 2. The highest BCUT2D eigenvalue weighted by atomic mass is 32.1. The third-order valence-corrected chi connectivity index (χ3v) is 5.44. The Balaban J connectivity index is 2.02. The van der Waals surface area contributed by atoms with Gasteiger partial charge in [-0.05, 0) is 38.3 Å². The van der Waals surface area contributed by atoms with Gasteiger partial charge in [-0.2, -0.15) is 0 Å². The van der Waals surface area contributed by atoms with Gasteiger partial charge in [0.25, 0.3) is 5.91 Å². The molecule has 0 aliphatic carbocycles. The molecule has 0 bridgehead atoms. The number of carbonyl (C=O) groups excluding carboxylic acids is 2. The zero-order chi connectivity index (χ0) is 22.6. The van der Waals surface area contributed by atoms with E-state index in [1.54, 1.807) is 24.5 Å². The second kappa shape index (κ2) is 13.0. The number of methoxy groups -OCH3 is 2. The smallest absolute Gasteiger partial charge is 0.322 e. The van der Waals surface area contributed by atoms with Crippen LogP contribution in [0.25, 0.3) is 0 Å². The van der Waals surface area contributed by atoms with Crippen molar-refractivity contribution < 1.29 is 19.1 Å². The van der Waals surface area contributed by atoms with E-state index in [4.69, 9.17) is 9.47 Å². The van der Waals surface area contributed by atoms with Crippen LogP contribution in [0.3, 0.4) is 0 Å². The third kappa shape index (κ3) is 8.28. The Morgan fingerprint density at radius 3 is 2.58 bits per heavy atom. The quantitative estimate of drug-likeness (QED) is 0.484. The number of hydrogen-bond donors (Lipinski definition) is 2. The van der Waals surface area contributed by atoms with Gasteiger partial charge in [0, 0.05) is 51.6 Å². The Bertz CT molecular complexity index is 856. The van der Waals surface area contributed by atoms with Gasteiger partial charge in [-0.15, -0.1) is 11.3 Å². The first-order valence-corrected chi connectivity index (χ1v) is 11.2. The van der Waals surface area contributed by atoms with Gasteiger partial charge in [-0.25, -0.2) is 9.78 Å². The van der Waals surface area contributed by atoms with Crippen LogP contribution >= 0.6 is 11.3 Å². The van der Waals surface area contributed by atoms with Crippen LogP contribution in [0.4, 0.5) is 10.5 Å². The molecule has 2 rings (SSSR count). The predicted octanol–water partition coefficient (Wildman–Crippen LogP) is 3.60. The Hall–Kier alpha value is -2.49. The first-order chi connectivity index (χ1) is 14.9. The fourth-order valence-corrected chi connectivity index (χ4v) is 3.75. The van der Waals surface area contributed by atoms with Crippen molar-refractivity contribution in [1.82, 2.24) is 15.2 Å². The zero-order valence-corrected chi connectivity index (χ0v) is 19.5. The Labute approximate surface area is 188 Å². The van der Waals surface area contributed by atoms with E-state index in [2.05, 4.69) is 15.6 Å². The van der Waals surface area contributed by atoms with E-state index in [1.807, 2.05) is 32.0 Å². The number of hydrogen-bond acceptors (Lipinski definition) is 6. The van der Waals surface area contributed by atoms with E-state index < -0.39 is 0 Å². The lowest BCUT2D eigenvalue weighted by molar-refractivity contribution is 0.0944. The van der Waals surface area contributed by atoms with Crippen molar-refractivity contribution in [1.29, 1.82) is 0 Å². The van der Waals surface area contributed by atoms with Crippen LogP contribution in [0, 0.1) is 13.8 Å².